The number of halogens is 1. The predicted octanol–water partition coefficient (Wildman–Crippen LogP) is 3.79. The lowest BCUT2D eigenvalue weighted by Gasteiger charge is -2.30. The number of amides is 3. The van der Waals surface area contributed by atoms with E-state index in [1.54, 1.807) is 24.5 Å². The maximum atomic E-state index is 13.8. The molecule has 0 radical (unpaired) electrons. The fourth-order valence-electron chi connectivity index (χ4n) is 5.03. The average Bonchev–Trinajstić information content (AvgIpc) is 3.40. The fourth-order valence-corrected chi connectivity index (χ4v) is 7.80. The molecule has 2 aliphatic rings. The molecular formula is C27H18FN5O6S2. The third-order valence-corrected chi connectivity index (χ3v) is 9.44. The highest BCUT2D eigenvalue weighted by Crippen LogP contribution is 2.53. The molecule has 11 nitrogen and oxygen atoms in total. The number of nitrogens with zero attached hydrogens (tertiary/aromatic N) is 4. The van der Waals surface area contributed by atoms with Crippen LogP contribution < -0.4 is 15.1 Å². The van der Waals surface area contributed by atoms with Gasteiger partial charge < -0.3 is 5.32 Å². The van der Waals surface area contributed by atoms with Crippen molar-refractivity contribution in [1.82, 2.24) is 9.55 Å². The summed E-state index contributed by atoms with van der Waals surface area (Å²) in [4.78, 5) is 69.4. The van der Waals surface area contributed by atoms with Gasteiger partial charge in [0.15, 0.2) is 0 Å². The van der Waals surface area contributed by atoms with Gasteiger partial charge >= 0.3 is 4.87 Å². The third kappa shape index (κ3) is 4.70. The van der Waals surface area contributed by atoms with Gasteiger partial charge in [-0.3, -0.25) is 38.8 Å². The molecule has 4 aromatic rings. The van der Waals surface area contributed by atoms with Gasteiger partial charge in [-0.2, -0.15) is 0 Å². The summed E-state index contributed by atoms with van der Waals surface area (Å²) in [7, 11) is 0. The van der Waals surface area contributed by atoms with Crippen molar-refractivity contribution in [2.45, 2.75) is 22.7 Å². The van der Waals surface area contributed by atoms with Gasteiger partial charge in [0.2, 0.25) is 17.7 Å². The largest absolute Gasteiger partial charge is 0.325 e. The normalized spacial score (nSPS) is 19.5. The molecule has 4 heterocycles. The van der Waals surface area contributed by atoms with E-state index in [-0.39, 0.29) is 17.9 Å². The molecule has 1 fully saturated rings. The highest BCUT2D eigenvalue weighted by Gasteiger charge is 2.57. The number of hydrogen-bond acceptors (Lipinski definition) is 9. The van der Waals surface area contributed by atoms with Crippen LogP contribution in [0.2, 0.25) is 0 Å². The van der Waals surface area contributed by atoms with Gasteiger partial charge in [-0.25, -0.2) is 9.29 Å². The number of carbonyl (C=O) groups excluding carboxylic acids is 3. The number of thiazole rings is 1. The molecule has 206 valence electrons. The average molecular weight is 592 g/mol. The second-order valence-electron chi connectivity index (χ2n) is 9.29. The number of nitro benzene ring substituents is 1. The van der Waals surface area contributed by atoms with Gasteiger partial charge in [0.1, 0.15) is 17.6 Å². The molecule has 3 amide bonds. The zero-order valence-electron chi connectivity index (χ0n) is 20.8. The van der Waals surface area contributed by atoms with Crippen LogP contribution in [0.3, 0.4) is 0 Å². The van der Waals surface area contributed by atoms with E-state index in [1.165, 1.54) is 53.1 Å². The summed E-state index contributed by atoms with van der Waals surface area (Å²) in [5.74, 6) is -3.58. The summed E-state index contributed by atoms with van der Waals surface area (Å²) in [6.45, 7) is -0.361. The monoisotopic (exact) mass is 591 g/mol. The van der Waals surface area contributed by atoms with Crippen LogP contribution in [0.5, 0.6) is 0 Å². The number of non-ortho nitro benzene ring substituents is 1. The molecule has 3 atom stereocenters. The van der Waals surface area contributed by atoms with Crippen LogP contribution in [0.15, 0.2) is 82.9 Å². The Morgan fingerprint density at radius 3 is 2.44 bits per heavy atom. The summed E-state index contributed by atoms with van der Waals surface area (Å²) in [5.41, 5.74) is 0.993. The van der Waals surface area contributed by atoms with E-state index in [2.05, 4.69) is 10.3 Å². The number of hydrogen-bond donors (Lipinski definition) is 1. The van der Waals surface area contributed by atoms with Gasteiger partial charge in [0.05, 0.1) is 21.6 Å². The van der Waals surface area contributed by atoms with Gasteiger partial charge in [-0.1, -0.05) is 29.2 Å². The first-order valence-corrected chi connectivity index (χ1v) is 13.9. The Kier molecular flexibility index (Phi) is 6.71. The molecule has 0 aliphatic carbocycles. The summed E-state index contributed by atoms with van der Waals surface area (Å²) in [5, 5.41) is 13.2. The maximum absolute atomic E-state index is 13.8. The minimum atomic E-state index is -0.921. The molecule has 0 spiro atoms. The second-order valence-corrected chi connectivity index (χ2v) is 11.4. The summed E-state index contributed by atoms with van der Waals surface area (Å²) >= 11 is 1.94. The molecule has 1 saturated heterocycles. The SMILES string of the molecule is O=C(Cn1c2c(sc1=O)C(c1cccnc1)C1C(=O)N(c3ccc([N+](=O)[O-])cc3)C(=O)C1S2)Nc1ccc(F)cc1. The van der Waals surface area contributed by atoms with E-state index in [0.717, 1.165) is 28.0 Å². The second kappa shape index (κ2) is 10.4. The van der Waals surface area contributed by atoms with Crippen molar-refractivity contribution in [3.63, 3.8) is 0 Å². The number of nitro groups is 1. The van der Waals surface area contributed by atoms with Crippen LogP contribution >= 0.6 is 23.1 Å². The number of thioether (sulfide) groups is 1. The van der Waals surface area contributed by atoms with E-state index in [1.807, 2.05) is 0 Å². The van der Waals surface area contributed by atoms with Crippen molar-refractivity contribution < 1.29 is 23.7 Å². The molecule has 14 heteroatoms. The number of rotatable bonds is 6. The van der Waals surface area contributed by atoms with Gasteiger partial charge in [0, 0.05) is 41.0 Å². The Balaban J connectivity index is 1.38. The minimum Gasteiger partial charge on any atom is -0.325 e. The van der Waals surface area contributed by atoms with Crippen molar-refractivity contribution in [1.29, 1.82) is 0 Å². The summed E-state index contributed by atoms with van der Waals surface area (Å²) in [6, 6.07) is 13.8. The molecular weight excluding hydrogens is 573 g/mol. The number of fused-ring (bicyclic) bond motifs is 2. The minimum absolute atomic E-state index is 0.182. The Morgan fingerprint density at radius 2 is 1.78 bits per heavy atom. The third-order valence-electron chi connectivity index (χ3n) is 6.84. The van der Waals surface area contributed by atoms with Crippen LogP contribution in [-0.4, -0.2) is 37.4 Å². The maximum Gasteiger partial charge on any atom is 0.308 e. The number of benzene rings is 2. The van der Waals surface area contributed by atoms with Crippen molar-refractivity contribution in [3.05, 3.63) is 109 Å². The predicted molar refractivity (Wildman–Crippen MR) is 148 cm³/mol. The number of aromatic nitrogens is 2. The molecule has 41 heavy (non-hydrogen) atoms. The first kappa shape index (κ1) is 26.5. The quantitative estimate of drug-likeness (QED) is 0.203. The zero-order chi connectivity index (χ0) is 28.8. The van der Waals surface area contributed by atoms with Gasteiger partial charge in [0.25, 0.3) is 5.69 Å². The van der Waals surface area contributed by atoms with Crippen LogP contribution in [0.1, 0.15) is 16.4 Å². The number of carbonyl (C=O) groups is 3. The standard InChI is InChI=1S/C27H18FN5O6S2/c28-15-3-5-16(6-4-15)30-19(34)13-31-26-23(41-27(31)37)20(14-2-1-11-29-12-14)21-22(40-26)25(36)32(24(21)35)17-7-9-18(10-8-17)33(38)39/h1-12,20-22H,13H2,(H,30,34). The molecule has 2 aromatic carbocycles. The van der Waals surface area contributed by atoms with Crippen molar-refractivity contribution >= 4 is 57.9 Å². The van der Waals surface area contributed by atoms with E-state index in [0.29, 0.717) is 21.2 Å². The summed E-state index contributed by atoms with van der Waals surface area (Å²) in [6.07, 6.45) is 3.14. The first-order valence-electron chi connectivity index (χ1n) is 12.2. The fraction of sp³-hybridized carbons (Fsp3) is 0.148. The summed E-state index contributed by atoms with van der Waals surface area (Å²) < 4.78 is 14.5. The van der Waals surface area contributed by atoms with Crippen molar-refractivity contribution in [2.24, 2.45) is 5.92 Å². The molecule has 2 aliphatic heterocycles. The van der Waals surface area contributed by atoms with Crippen LogP contribution in [0.4, 0.5) is 21.5 Å². The molecule has 1 N–H and O–H groups in total. The molecule has 2 aromatic heterocycles. The zero-order valence-corrected chi connectivity index (χ0v) is 22.4. The van der Waals surface area contributed by atoms with Crippen molar-refractivity contribution in [3.8, 4) is 0 Å². The van der Waals surface area contributed by atoms with Crippen LogP contribution in [0.25, 0.3) is 0 Å². The number of pyridine rings is 1. The first-order chi connectivity index (χ1) is 19.7. The molecule has 3 unspecified atom stereocenters. The molecule has 0 bridgehead atoms. The highest BCUT2D eigenvalue weighted by molar-refractivity contribution is 8.00. The van der Waals surface area contributed by atoms with Crippen LogP contribution in [0, 0.1) is 21.8 Å². The van der Waals surface area contributed by atoms with E-state index in [9.17, 15) is 33.7 Å². The Hall–Kier alpha value is -4.69. The smallest absolute Gasteiger partial charge is 0.308 e. The Labute approximate surface area is 238 Å². The van der Waals surface area contributed by atoms with E-state index in [4.69, 9.17) is 0 Å². The van der Waals surface area contributed by atoms with E-state index < -0.39 is 50.4 Å². The lowest BCUT2D eigenvalue weighted by Crippen LogP contribution is -2.33. The topological polar surface area (TPSA) is 145 Å². The number of anilines is 2. The van der Waals surface area contributed by atoms with Crippen LogP contribution in [-0.2, 0) is 20.9 Å². The molecule has 6 rings (SSSR count). The lowest BCUT2D eigenvalue weighted by molar-refractivity contribution is -0.384. The highest BCUT2D eigenvalue weighted by atomic mass is 32.2. The lowest BCUT2D eigenvalue weighted by atomic mass is 9.84. The van der Waals surface area contributed by atoms with Gasteiger partial charge in [-0.15, -0.1) is 0 Å². The van der Waals surface area contributed by atoms with Gasteiger partial charge in [-0.05, 0) is 48.0 Å². The Morgan fingerprint density at radius 1 is 1.05 bits per heavy atom. The Bertz CT molecular complexity index is 1760. The molecule has 0 saturated carbocycles. The number of imide groups is 1. The van der Waals surface area contributed by atoms with E-state index >= 15 is 0 Å². The van der Waals surface area contributed by atoms with Crippen molar-refractivity contribution in [2.75, 3.05) is 10.2 Å². The number of nitrogens with one attached hydrogen (secondary N) is 1.